The number of nitrogens with zero attached hydrogens (tertiary/aromatic N) is 3. The Morgan fingerprint density at radius 2 is 1.79 bits per heavy atom. The lowest BCUT2D eigenvalue weighted by molar-refractivity contribution is 0.0374. The van der Waals surface area contributed by atoms with Gasteiger partial charge in [0.15, 0.2) is 11.5 Å². The molecule has 48 heavy (non-hydrogen) atoms. The van der Waals surface area contributed by atoms with Crippen molar-refractivity contribution in [3.05, 3.63) is 76.5 Å². The van der Waals surface area contributed by atoms with Gasteiger partial charge in [0.1, 0.15) is 16.7 Å². The van der Waals surface area contributed by atoms with Gasteiger partial charge in [-0.15, -0.1) is 0 Å². The van der Waals surface area contributed by atoms with Crippen LogP contribution in [-0.2, 0) is 22.3 Å². The van der Waals surface area contributed by atoms with Crippen molar-refractivity contribution in [3.8, 4) is 34.6 Å². The summed E-state index contributed by atoms with van der Waals surface area (Å²) in [5, 5.41) is 13.2. The van der Waals surface area contributed by atoms with Crippen LogP contribution in [0.25, 0.3) is 11.3 Å². The van der Waals surface area contributed by atoms with E-state index in [-0.39, 0.29) is 18.6 Å². The van der Waals surface area contributed by atoms with E-state index in [9.17, 15) is 14.1 Å². The largest absolute Gasteiger partial charge is 0.493 e. The highest BCUT2D eigenvalue weighted by molar-refractivity contribution is 7.84. The summed E-state index contributed by atoms with van der Waals surface area (Å²) in [4.78, 5) is 20.8. The van der Waals surface area contributed by atoms with E-state index in [0.717, 1.165) is 67.1 Å². The zero-order valence-corrected chi connectivity index (χ0v) is 29.3. The molecule has 0 bridgehead atoms. The quantitative estimate of drug-likeness (QED) is 0.229. The normalized spacial score (nSPS) is 17.2. The lowest BCUT2D eigenvalue weighted by Gasteiger charge is -2.30. The highest BCUT2D eigenvalue weighted by Crippen LogP contribution is 2.44. The zero-order valence-electron chi connectivity index (χ0n) is 28.5. The summed E-state index contributed by atoms with van der Waals surface area (Å²) >= 11 is 0. The van der Waals surface area contributed by atoms with Gasteiger partial charge < -0.3 is 24.6 Å². The summed E-state index contributed by atoms with van der Waals surface area (Å²) in [6, 6.07) is 14.8. The molecule has 1 unspecified atom stereocenters. The maximum absolute atomic E-state index is 13.8. The molecule has 2 atom stereocenters. The fourth-order valence-electron chi connectivity index (χ4n) is 6.03. The molecule has 1 aromatic heterocycles. The first-order valence-corrected chi connectivity index (χ1v) is 17.5. The number of pyridine rings is 1. The first-order valence-electron chi connectivity index (χ1n) is 16.4. The van der Waals surface area contributed by atoms with Crippen LogP contribution in [0, 0.1) is 11.8 Å². The van der Waals surface area contributed by atoms with Gasteiger partial charge in [-0.1, -0.05) is 24.0 Å². The maximum Gasteiger partial charge on any atom is 0.269 e. The second-order valence-electron chi connectivity index (χ2n) is 12.9. The molecule has 1 fully saturated rings. The lowest BCUT2D eigenvalue weighted by atomic mass is 9.95. The summed E-state index contributed by atoms with van der Waals surface area (Å²) in [6.07, 6.45) is 1.20. The number of hydrogen-bond acceptors (Lipinski definition) is 8. The molecule has 0 spiro atoms. The van der Waals surface area contributed by atoms with Crippen LogP contribution >= 0.6 is 0 Å². The van der Waals surface area contributed by atoms with Crippen LogP contribution in [0.2, 0.25) is 0 Å². The Morgan fingerprint density at radius 1 is 1.06 bits per heavy atom. The van der Waals surface area contributed by atoms with E-state index in [4.69, 9.17) is 19.2 Å². The van der Waals surface area contributed by atoms with Gasteiger partial charge in [0, 0.05) is 55.0 Å². The fraction of sp³-hybridized carbons (Fsp3) is 0.459. The smallest absolute Gasteiger partial charge is 0.269 e. The van der Waals surface area contributed by atoms with E-state index in [0.29, 0.717) is 42.4 Å². The van der Waals surface area contributed by atoms with Crippen LogP contribution in [0.5, 0.6) is 11.5 Å². The minimum absolute atomic E-state index is 0.0798. The van der Waals surface area contributed by atoms with E-state index in [1.807, 2.05) is 73.6 Å². The van der Waals surface area contributed by atoms with E-state index in [2.05, 4.69) is 22.1 Å². The third-order valence-corrected chi connectivity index (χ3v) is 10.3. The standard InChI is InChI=1S/C37H46N4O6S/c1-37(2,3)48(44)41-25-29-24-30(36(43)38-15-7-16-40-17-20-47-21-18-40)39-35(34(29)31(41)14-19-42)28-9-6-8-26(22-28)10-11-27-12-13-32(45-4)33(23-27)46-5/h6,8-9,12-13,22-24,31,42H,7,14-21,25H2,1-5H3,(H,38,43)/t31-,48?/m0/s1. The third-order valence-electron chi connectivity index (χ3n) is 8.43. The molecule has 3 aromatic rings. The second-order valence-corrected chi connectivity index (χ2v) is 15.0. The molecule has 2 aliphatic rings. The zero-order chi connectivity index (χ0) is 34.3. The van der Waals surface area contributed by atoms with Crippen LogP contribution in [0.3, 0.4) is 0 Å². The fourth-order valence-corrected chi connectivity index (χ4v) is 7.43. The molecule has 1 amide bonds. The third kappa shape index (κ3) is 8.43. The number of rotatable bonds is 11. The van der Waals surface area contributed by atoms with E-state index in [1.54, 1.807) is 14.2 Å². The molecule has 11 heteroatoms. The number of aliphatic hydroxyl groups excluding tert-OH is 1. The Bertz CT molecular complexity index is 1690. The van der Waals surface area contributed by atoms with Crippen molar-refractivity contribution in [2.45, 2.75) is 50.9 Å². The van der Waals surface area contributed by atoms with Crippen molar-refractivity contribution >= 4 is 16.9 Å². The first-order chi connectivity index (χ1) is 23.1. The predicted octanol–water partition coefficient (Wildman–Crippen LogP) is 4.32. The highest BCUT2D eigenvalue weighted by Gasteiger charge is 2.40. The van der Waals surface area contributed by atoms with Crippen molar-refractivity contribution < 1.29 is 28.3 Å². The summed E-state index contributed by atoms with van der Waals surface area (Å²) < 4.78 is 31.4. The average molecular weight is 675 g/mol. The molecular weight excluding hydrogens is 628 g/mol. The highest BCUT2D eigenvalue weighted by atomic mass is 32.2. The van der Waals surface area contributed by atoms with Gasteiger partial charge in [-0.05, 0) is 82.1 Å². The van der Waals surface area contributed by atoms with Crippen molar-refractivity contribution in [3.63, 3.8) is 0 Å². The van der Waals surface area contributed by atoms with Gasteiger partial charge in [0.05, 0.1) is 43.9 Å². The molecule has 5 rings (SSSR count). The van der Waals surface area contributed by atoms with Crippen molar-refractivity contribution in [2.24, 2.45) is 0 Å². The summed E-state index contributed by atoms with van der Waals surface area (Å²) in [5.41, 5.74) is 5.04. The Balaban J connectivity index is 1.48. The van der Waals surface area contributed by atoms with Crippen LogP contribution < -0.4 is 14.8 Å². The molecule has 10 nitrogen and oxygen atoms in total. The Kier molecular flexibility index (Phi) is 11.9. The molecule has 256 valence electrons. The summed E-state index contributed by atoms with van der Waals surface area (Å²) in [7, 11) is 1.83. The van der Waals surface area contributed by atoms with Gasteiger partial charge in [0.2, 0.25) is 0 Å². The molecule has 2 aliphatic heterocycles. The number of morpholine rings is 1. The molecule has 0 saturated carbocycles. The topological polar surface area (TPSA) is 113 Å². The number of methoxy groups -OCH3 is 2. The van der Waals surface area contributed by atoms with Crippen molar-refractivity contribution in [1.82, 2.24) is 19.5 Å². The van der Waals surface area contributed by atoms with E-state index >= 15 is 0 Å². The Labute approximate surface area is 286 Å². The number of carbonyl (C=O) groups is 1. The number of ether oxygens (including phenoxy) is 3. The minimum atomic E-state index is -1.36. The van der Waals surface area contributed by atoms with E-state index < -0.39 is 15.7 Å². The predicted molar refractivity (Wildman–Crippen MR) is 187 cm³/mol. The van der Waals surface area contributed by atoms with Gasteiger partial charge in [-0.2, -0.15) is 0 Å². The van der Waals surface area contributed by atoms with Crippen LogP contribution in [0.4, 0.5) is 0 Å². The number of aliphatic hydroxyl groups is 1. The molecule has 1 saturated heterocycles. The van der Waals surface area contributed by atoms with Crippen molar-refractivity contribution in [2.75, 3.05) is 60.2 Å². The summed E-state index contributed by atoms with van der Waals surface area (Å²) in [5.74, 6) is 7.43. The van der Waals surface area contributed by atoms with Crippen LogP contribution in [0.1, 0.15) is 72.4 Å². The molecule has 2 N–H and O–H groups in total. The molecular formula is C37H46N4O6S. The Hall–Kier alpha value is -3.79. The molecule has 0 radical (unpaired) electrons. The number of nitrogens with one attached hydrogen (secondary N) is 1. The number of amides is 1. The molecule has 0 aliphatic carbocycles. The molecule has 3 heterocycles. The number of fused-ring (bicyclic) bond motifs is 1. The second kappa shape index (κ2) is 16.1. The number of aromatic nitrogens is 1. The SMILES string of the molecule is COc1ccc(C#Cc2cccc(-c3nc(C(=O)NCCCN4CCOCC4)cc4c3[C@H](CCO)N(S(=O)C(C)(C)C)C4)c2)cc1OC. The lowest BCUT2D eigenvalue weighted by Crippen LogP contribution is -2.38. The Morgan fingerprint density at radius 3 is 2.48 bits per heavy atom. The van der Waals surface area contributed by atoms with Crippen LogP contribution in [0.15, 0.2) is 48.5 Å². The maximum atomic E-state index is 13.8. The number of hydrogen-bond donors (Lipinski definition) is 2. The van der Waals surface area contributed by atoms with Gasteiger partial charge >= 0.3 is 0 Å². The minimum Gasteiger partial charge on any atom is -0.493 e. The summed E-state index contributed by atoms with van der Waals surface area (Å²) in [6.45, 7) is 10.8. The average Bonchev–Trinajstić information content (AvgIpc) is 3.46. The van der Waals surface area contributed by atoms with Crippen molar-refractivity contribution in [1.29, 1.82) is 0 Å². The monoisotopic (exact) mass is 674 g/mol. The number of benzene rings is 2. The van der Waals surface area contributed by atoms with Gasteiger partial charge in [-0.3, -0.25) is 9.69 Å². The van der Waals surface area contributed by atoms with Gasteiger partial charge in [-0.25, -0.2) is 13.5 Å². The van der Waals surface area contributed by atoms with E-state index in [1.165, 1.54) is 0 Å². The first kappa shape index (κ1) is 35.5. The molecule has 2 aromatic carbocycles. The van der Waals surface area contributed by atoms with Crippen LogP contribution in [-0.4, -0.2) is 94.4 Å². The van der Waals surface area contributed by atoms with Gasteiger partial charge in [0.25, 0.3) is 5.91 Å². The number of carbonyl (C=O) groups excluding carboxylic acids is 1.